The molecule has 1 unspecified atom stereocenters. The van der Waals surface area contributed by atoms with Crippen LogP contribution in [0.1, 0.15) is 114 Å². The number of carbonyl (C=O) groups is 4. The Hall–Kier alpha value is -2.78. The van der Waals surface area contributed by atoms with Crippen molar-refractivity contribution in [2.75, 3.05) is 13.2 Å². The molecule has 4 atom stereocenters. The Morgan fingerprint density at radius 1 is 1.02 bits per heavy atom. The normalized spacial score (nSPS) is 22.4. The van der Waals surface area contributed by atoms with Crippen LogP contribution in [0.4, 0.5) is 8.78 Å². The third kappa shape index (κ3) is 12.0. The summed E-state index contributed by atoms with van der Waals surface area (Å²) >= 11 is 0. The molecular weight excluding hydrogens is 570 g/mol. The molecule has 3 rings (SSSR count). The first-order valence-corrected chi connectivity index (χ1v) is 16.3. The maximum Gasteiger partial charge on any atom is 0.306 e. The number of allylic oxidation sites excluding steroid dienone is 2. The van der Waals surface area contributed by atoms with Gasteiger partial charge in [0, 0.05) is 43.8 Å². The number of benzene rings is 1. The second kappa shape index (κ2) is 18.9. The van der Waals surface area contributed by atoms with E-state index in [0.717, 1.165) is 38.5 Å². The standard InChI is InChI=1S/C35H48F2O7/c1-2-3-22-35(36,37)32(40)21-20-28-27(29(38)24-31(28)44-34-19-13-14-23-42-34)17-11-6-4-5-7-12-18-33(41)43-25-30(39)26-15-9-8-10-16-26/h6,8-11,15-16,27-28,31,34H,2-5,7,12-14,17-25H2,1H3/b11-6-/t27-,28+,31+,34?/m0/s1. The molecule has 244 valence electrons. The van der Waals surface area contributed by atoms with E-state index in [-0.39, 0.29) is 55.7 Å². The average molecular weight is 619 g/mol. The highest BCUT2D eigenvalue weighted by molar-refractivity contribution is 5.97. The summed E-state index contributed by atoms with van der Waals surface area (Å²) in [7, 11) is 0. The highest BCUT2D eigenvalue weighted by Gasteiger charge is 2.45. The van der Waals surface area contributed by atoms with Gasteiger partial charge in [-0.3, -0.25) is 19.2 Å². The zero-order valence-electron chi connectivity index (χ0n) is 26.0. The summed E-state index contributed by atoms with van der Waals surface area (Å²) in [6.07, 6.45) is 10.1. The van der Waals surface area contributed by atoms with Gasteiger partial charge in [0.2, 0.25) is 5.78 Å². The summed E-state index contributed by atoms with van der Waals surface area (Å²) in [6.45, 7) is 2.15. The van der Waals surface area contributed by atoms with Crippen LogP contribution in [-0.4, -0.2) is 54.8 Å². The van der Waals surface area contributed by atoms with Gasteiger partial charge in [0.25, 0.3) is 0 Å². The van der Waals surface area contributed by atoms with Gasteiger partial charge in [-0.25, -0.2) is 0 Å². The van der Waals surface area contributed by atoms with Crippen molar-refractivity contribution in [1.29, 1.82) is 0 Å². The summed E-state index contributed by atoms with van der Waals surface area (Å²) in [6, 6.07) is 8.70. The summed E-state index contributed by atoms with van der Waals surface area (Å²) in [5.41, 5.74) is 0.511. The molecule has 0 radical (unpaired) electrons. The quantitative estimate of drug-likeness (QED) is 0.0643. The van der Waals surface area contributed by atoms with Crippen molar-refractivity contribution >= 4 is 23.3 Å². The van der Waals surface area contributed by atoms with Crippen molar-refractivity contribution in [2.24, 2.45) is 11.8 Å². The molecule has 1 saturated heterocycles. The lowest BCUT2D eigenvalue weighted by atomic mass is 9.86. The van der Waals surface area contributed by atoms with E-state index >= 15 is 0 Å². The molecule has 9 heteroatoms. The van der Waals surface area contributed by atoms with Crippen LogP contribution in [0, 0.1) is 11.8 Å². The minimum atomic E-state index is -3.34. The molecule has 0 amide bonds. The minimum absolute atomic E-state index is 0.0370. The fourth-order valence-electron chi connectivity index (χ4n) is 5.87. The number of rotatable bonds is 20. The number of hydrogen-bond donors (Lipinski definition) is 0. The number of carbonyl (C=O) groups excluding carboxylic acids is 4. The van der Waals surface area contributed by atoms with Crippen LogP contribution in [0.2, 0.25) is 0 Å². The SMILES string of the molecule is CCCCC(F)(F)C(=O)CC[C@@H]1[C@H](C/C=C\CCCCCC(=O)OCC(=O)c2ccccc2)C(=O)C[C@H]1OC1CCCCO1. The molecule has 0 N–H and O–H groups in total. The molecule has 2 fully saturated rings. The molecule has 1 aliphatic heterocycles. The summed E-state index contributed by atoms with van der Waals surface area (Å²) in [4.78, 5) is 49.4. The maximum atomic E-state index is 14.4. The molecule has 0 spiro atoms. The fourth-order valence-corrected chi connectivity index (χ4v) is 5.87. The zero-order chi connectivity index (χ0) is 31.8. The average Bonchev–Trinajstić information content (AvgIpc) is 3.32. The Labute approximate surface area is 260 Å². The Morgan fingerprint density at radius 3 is 2.55 bits per heavy atom. The summed E-state index contributed by atoms with van der Waals surface area (Å²) in [5.74, 6) is -5.69. The predicted octanol–water partition coefficient (Wildman–Crippen LogP) is 7.60. The van der Waals surface area contributed by atoms with Crippen LogP contribution in [0.5, 0.6) is 0 Å². The Balaban J connectivity index is 1.41. The molecule has 0 aromatic heterocycles. The predicted molar refractivity (Wildman–Crippen MR) is 162 cm³/mol. The molecule has 1 heterocycles. The van der Waals surface area contributed by atoms with Crippen molar-refractivity contribution < 1.29 is 42.2 Å². The lowest BCUT2D eigenvalue weighted by Crippen LogP contribution is -2.33. The van der Waals surface area contributed by atoms with Gasteiger partial charge in [-0.05, 0) is 63.7 Å². The van der Waals surface area contributed by atoms with Crippen molar-refractivity contribution in [3.8, 4) is 0 Å². The van der Waals surface area contributed by atoms with Gasteiger partial charge in [-0.1, -0.05) is 62.2 Å². The first-order valence-electron chi connectivity index (χ1n) is 16.3. The van der Waals surface area contributed by atoms with Gasteiger partial charge >= 0.3 is 11.9 Å². The topological polar surface area (TPSA) is 96.0 Å². The number of alkyl halides is 2. The number of ketones is 3. The van der Waals surface area contributed by atoms with E-state index in [0.29, 0.717) is 37.9 Å². The molecular formula is C35H48F2O7. The molecule has 1 saturated carbocycles. The monoisotopic (exact) mass is 618 g/mol. The Kier molecular flexibility index (Phi) is 15.3. The third-order valence-electron chi connectivity index (χ3n) is 8.50. The van der Waals surface area contributed by atoms with Crippen molar-refractivity contribution in [1.82, 2.24) is 0 Å². The van der Waals surface area contributed by atoms with Crippen LogP contribution >= 0.6 is 0 Å². The number of unbranched alkanes of at least 4 members (excludes halogenated alkanes) is 4. The van der Waals surface area contributed by atoms with E-state index in [1.165, 1.54) is 0 Å². The molecule has 7 nitrogen and oxygen atoms in total. The van der Waals surface area contributed by atoms with Gasteiger partial charge < -0.3 is 14.2 Å². The molecule has 0 bridgehead atoms. The van der Waals surface area contributed by atoms with E-state index in [2.05, 4.69) is 0 Å². The second-order valence-electron chi connectivity index (χ2n) is 11.9. The smallest absolute Gasteiger partial charge is 0.306 e. The van der Waals surface area contributed by atoms with Crippen LogP contribution < -0.4 is 0 Å². The van der Waals surface area contributed by atoms with Gasteiger partial charge in [0.1, 0.15) is 5.78 Å². The molecule has 1 aromatic rings. The summed E-state index contributed by atoms with van der Waals surface area (Å²) in [5, 5.41) is 0. The van der Waals surface area contributed by atoms with Gasteiger partial charge in [-0.2, -0.15) is 8.78 Å². The maximum absolute atomic E-state index is 14.4. The molecule has 2 aliphatic rings. The largest absolute Gasteiger partial charge is 0.457 e. The van der Waals surface area contributed by atoms with Crippen LogP contribution in [-0.2, 0) is 28.6 Å². The van der Waals surface area contributed by atoms with Gasteiger partial charge in [-0.15, -0.1) is 0 Å². The summed E-state index contributed by atoms with van der Waals surface area (Å²) < 4.78 is 45.7. The number of ether oxygens (including phenoxy) is 3. The number of Topliss-reactive ketones (excluding diaryl/α,β-unsaturated/α-hetero) is 3. The highest BCUT2D eigenvalue weighted by atomic mass is 19.3. The zero-order valence-corrected chi connectivity index (χ0v) is 26.0. The minimum Gasteiger partial charge on any atom is -0.457 e. The number of hydrogen-bond acceptors (Lipinski definition) is 7. The Morgan fingerprint density at radius 2 is 1.82 bits per heavy atom. The lowest BCUT2D eigenvalue weighted by Gasteiger charge is -2.30. The number of halogens is 2. The van der Waals surface area contributed by atoms with Crippen LogP contribution in [0.15, 0.2) is 42.5 Å². The Bertz CT molecular complexity index is 1080. The van der Waals surface area contributed by atoms with E-state index in [1.807, 2.05) is 25.1 Å². The molecule has 44 heavy (non-hydrogen) atoms. The van der Waals surface area contributed by atoms with E-state index < -0.39 is 36.5 Å². The first-order chi connectivity index (χ1) is 21.2. The van der Waals surface area contributed by atoms with E-state index in [9.17, 15) is 28.0 Å². The molecule has 1 aliphatic carbocycles. The van der Waals surface area contributed by atoms with Gasteiger partial charge in [0.05, 0.1) is 6.10 Å². The first kappa shape index (κ1) is 35.7. The second-order valence-corrected chi connectivity index (χ2v) is 11.9. The highest BCUT2D eigenvalue weighted by Crippen LogP contribution is 2.39. The van der Waals surface area contributed by atoms with Crippen LogP contribution in [0.25, 0.3) is 0 Å². The fraction of sp³-hybridized carbons (Fsp3) is 0.657. The number of esters is 1. The van der Waals surface area contributed by atoms with Gasteiger partial charge in [0.15, 0.2) is 18.7 Å². The van der Waals surface area contributed by atoms with E-state index in [1.54, 1.807) is 24.3 Å². The van der Waals surface area contributed by atoms with Crippen molar-refractivity contribution in [3.05, 3.63) is 48.0 Å². The molecule has 1 aromatic carbocycles. The van der Waals surface area contributed by atoms with Crippen LogP contribution in [0.3, 0.4) is 0 Å². The third-order valence-corrected chi connectivity index (χ3v) is 8.50. The van der Waals surface area contributed by atoms with E-state index in [4.69, 9.17) is 14.2 Å². The lowest BCUT2D eigenvalue weighted by molar-refractivity contribution is -0.196. The van der Waals surface area contributed by atoms with Crippen molar-refractivity contribution in [2.45, 2.75) is 122 Å². The van der Waals surface area contributed by atoms with Crippen molar-refractivity contribution in [3.63, 3.8) is 0 Å².